The highest BCUT2D eigenvalue weighted by atomic mass is 32.1. The summed E-state index contributed by atoms with van der Waals surface area (Å²) in [4.78, 5) is 5.25. The number of hydrogen-bond donors (Lipinski definition) is 0. The molecule has 5 heteroatoms. The lowest BCUT2D eigenvalue weighted by Gasteiger charge is -2.45. The van der Waals surface area contributed by atoms with Crippen molar-refractivity contribution in [2.75, 3.05) is 9.80 Å². The lowest BCUT2D eigenvalue weighted by molar-refractivity contribution is 0.590. The highest BCUT2D eigenvalue weighted by Gasteiger charge is 2.45. The van der Waals surface area contributed by atoms with Crippen LogP contribution in [0.5, 0.6) is 0 Å². The maximum Gasteiger partial charge on any atom is 0.252 e. The summed E-state index contributed by atoms with van der Waals surface area (Å²) in [5.74, 6) is 0. The molecule has 0 spiro atoms. The summed E-state index contributed by atoms with van der Waals surface area (Å²) >= 11 is 1.89. The van der Waals surface area contributed by atoms with Gasteiger partial charge in [-0.2, -0.15) is 0 Å². The van der Waals surface area contributed by atoms with Crippen LogP contribution in [-0.4, -0.2) is 11.3 Å². The number of benzene rings is 9. The maximum absolute atomic E-state index is 2.65. The van der Waals surface area contributed by atoms with Gasteiger partial charge in [0.05, 0.1) is 16.7 Å². The molecule has 0 radical (unpaired) electrons. The molecule has 0 unspecified atom stereocenters. The topological polar surface area (TPSA) is 11.4 Å². The Morgan fingerprint density at radius 1 is 0.419 bits per heavy atom. The molecule has 74 heavy (non-hydrogen) atoms. The van der Waals surface area contributed by atoms with E-state index in [1.165, 1.54) is 137 Å². The third-order valence-corrected chi connectivity index (χ3v) is 17.4. The van der Waals surface area contributed by atoms with Gasteiger partial charge in [-0.1, -0.05) is 153 Å². The number of aryl methyl sites for hydroxylation is 3. The second-order valence-corrected chi connectivity index (χ2v) is 25.5. The molecule has 11 aromatic rings. The molecular weight excluding hydrogens is 914 g/mol. The summed E-state index contributed by atoms with van der Waals surface area (Å²) in [6.45, 7) is 27.9. The molecule has 9 aromatic carbocycles. The van der Waals surface area contributed by atoms with Gasteiger partial charge < -0.3 is 14.4 Å². The zero-order chi connectivity index (χ0) is 51.3. The Hall–Kier alpha value is -7.34. The zero-order valence-corrected chi connectivity index (χ0v) is 45.8. The monoisotopic (exact) mass is 977 g/mol. The van der Waals surface area contributed by atoms with Crippen molar-refractivity contribution in [1.82, 2.24) is 4.57 Å². The van der Waals surface area contributed by atoms with Gasteiger partial charge in [0.15, 0.2) is 0 Å². The van der Waals surface area contributed by atoms with Crippen LogP contribution in [0.4, 0.5) is 34.1 Å². The van der Waals surface area contributed by atoms with E-state index in [1.807, 2.05) is 11.3 Å². The highest BCUT2D eigenvalue weighted by molar-refractivity contribution is 7.26. The average molecular weight is 978 g/mol. The molecule has 2 aliphatic rings. The molecule has 2 aromatic heterocycles. The largest absolute Gasteiger partial charge is 0.311 e. The Morgan fingerprint density at radius 3 is 1.72 bits per heavy atom. The summed E-state index contributed by atoms with van der Waals surface area (Å²) < 4.78 is 5.17. The van der Waals surface area contributed by atoms with Crippen LogP contribution in [0.25, 0.3) is 58.8 Å². The van der Waals surface area contributed by atoms with Crippen molar-refractivity contribution < 1.29 is 0 Å². The van der Waals surface area contributed by atoms with Gasteiger partial charge in [-0.3, -0.25) is 0 Å². The lowest BCUT2D eigenvalue weighted by Crippen LogP contribution is -2.61. The van der Waals surface area contributed by atoms with Crippen LogP contribution >= 0.6 is 11.3 Å². The van der Waals surface area contributed by atoms with Gasteiger partial charge in [-0.05, 0) is 177 Å². The number of nitrogens with zero attached hydrogens (tertiary/aromatic N) is 3. The van der Waals surface area contributed by atoms with E-state index in [4.69, 9.17) is 0 Å². The van der Waals surface area contributed by atoms with E-state index < -0.39 is 0 Å². The Labute approximate surface area is 441 Å². The van der Waals surface area contributed by atoms with E-state index in [0.29, 0.717) is 0 Å². The van der Waals surface area contributed by atoms with Crippen LogP contribution in [-0.2, 0) is 16.2 Å². The minimum absolute atomic E-state index is 0.00904. The fourth-order valence-electron chi connectivity index (χ4n) is 12.5. The zero-order valence-electron chi connectivity index (χ0n) is 45.0. The summed E-state index contributed by atoms with van der Waals surface area (Å²) in [5, 5.41) is 5.22. The van der Waals surface area contributed by atoms with Crippen LogP contribution in [0, 0.1) is 20.8 Å². The Balaban J connectivity index is 1.11. The first-order chi connectivity index (χ1) is 35.3. The molecule has 4 heterocycles. The molecular formula is C69H64BN3S. The van der Waals surface area contributed by atoms with E-state index >= 15 is 0 Å². The van der Waals surface area contributed by atoms with Crippen LogP contribution in [0.2, 0.25) is 0 Å². The van der Waals surface area contributed by atoms with Crippen molar-refractivity contribution in [2.24, 2.45) is 0 Å². The molecule has 0 aliphatic carbocycles. The standard InChI is InChI=1S/C69H64BN3S/c1-41-33-60-65-61(34-41)73(66-42(2)35-44(36-43(66)3)50-22-18-24-63-64(50)52-21-16-17-23-62(52)74-63)58-38-47(69(10,11)12)28-32-54(58)70(65)55-39-53-51-31-27-46(68(7,8)9)37-56(51)71(48-19-14-13-15-20-48)57(53)40-59(55)72(60)49-29-25-45(26-30-49)67(4,5)6/h13-40H,1-12H3. The first-order valence-electron chi connectivity index (χ1n) is 26.5. The molecule has 3 nitrogen and oxygen atoms in total. The Bertz CT molecular complexity index is 4090. The van der Waals surface area contributed by atoms with Crippen molar-refractivity contribution >= 4 is 111 Å². The van der Waals surface area contributed by atoms with Crippen LogP contribution in [0.15, 0.2) is 170 Å². The molecule has 13 rings (SSSR count). The van der Waals surface area contributed by atoms with Crippen molar-refractivity contribution in [2.45, 2.75) is 99.3 Å². The number of rotatable bonds is 4. The van der Waals surface area contributed by atoms with Gasteiger partial charge >= 0.3 is 0 Å². The second kappa shape index (κ2) is 16.3. The fourth-order valence-corrected chi connectivity index (χ4v) is 13.7. The maximum atomic E-state index is 2.65. The van der Waals surface area contributed by atoms with Crippen LogP contribution in [0.3, 0.4) is 0 Å². The van der Waals surface area contributed by atoms with E-state index in [2.05, 4.69) is 267 Å². The third-order valence-electron chi connectivity index (χ3n) is 16.3. The minimum atomic E-state index is -0.0630. The van der Waals surface area contributed by atoms with Gasteiger partial charge in [0.1, 0.15) is 0 Å². The van der Waals surface area contributed by atoms with Crippen molar-refractivity contribution in [1.29, 1.82) is 0 Å². The molecule has 0 saturated heterocycles. The van der Waals surface area contributed by atoms with E-state index in [1.54, 1.807) is 0 Å². The lowest BCUT2D eigenvalue weighted by atomic mass is 9.33. The molecule has 0 fully saturated rings. The van der Waals surface area contributed by atoms with Gasteiger partial charge in [0, 0.05) is 65.1 Å². The number of para-hydroxylation sites is 1. The van der Waals surface area contributed by atoms with E-state index in [9.17, 15) is 0 Å². The van der Waals surface area contributed by atoms with Gasteiger partial charge in [0.25, 0.3) is 6.71 Å². The van der Waals surface area contributed by atoms with Crippen molar-refractivity contribution in [3.05, 3.63) is 203 Å². The quantitative estimate of drug-likeness (QED) is 0.163. The molecule has 0 atom stereocenters. The summed E-state index contributed by atoms with van der Waals surface area (Å²) in [6, 6.07) is 65.7. The van der Waals surface area contributed by atoms with Crippen molar-refractivity contribution in [3.63, 3.8) is 0 Å². The number of fused-ring (bicyclic) bond motifs is 10. The minimum Gasteiger partial charge on any atom is -0.311 e. The summed E-state index contributed by atoms with van der Waals surface area (Å²) in [7, 11) is 0. The smallest absolute Gasteiger partial charge is 0.252 e. The molecule has 364 valence electrons. The highest BCUT2D eigenvalue weighted by Crippen LogP contribution is 2.50. The summed E-state index contributed by atoms with van der Waals surface area (Å²) in [5.41, 5.74) is 25.2. The van der Waals surface area contributed by atoms with Gasteiger partial charge in [0.2, 0.25) is 0 Å². The second-order valence-electron chi connectivity index (χ2n) is 24.5. The SMILES string of the molecule is Cc1cc2c3c(c1)N(c1c(C)cc(-c4cccc5sc6ccccc6c45)cc1C)c1cc(C(C)(C)C)ccc1B3c1cc3c4ccc(C(C)(C)C)cc4n(-c4ccccc4)c3cc1N2c1ccc(C(C)(C)C)cc1. The van der Waals surface area contributed by atoms with Gasteiger partial charge in [-0.25, -0.2) is 0 Å². The van der Waals surface area contributed by atoms with Crippen LogP contribution in [0.1, 0.15) is 95.7 Å². The normalized spacial score (nSPS) is 13.6. The number of anilines is 6. The Morgan fingerprint density at radius 2 is 1.01 bits per heavy atom. The molecule has 0 N–H and O–H groups in total. The fraction of sp³-hybridized carbons (Fsp3) is 0.217. The summed E-state index contributed by atoms with van der Waals surface area (Å²) in [6.07, 6.45) is 0. The molecule has 0 saturated carbocycles. The first-order valence-corrected chi connectivity index (χ1v) is 27.3. The van der Waals surface area contributed by atoms with Crippen LogP contribution < -0.4 is 26.2 Å². The molecule has 0 amide bonds. The predicted molar refractivity (Wildman–Crippen MR) is 323 cm³/mol. The molecule has 0 bridgehead atoms. The number of thiophene rings is 1. The third kappa shape index (κ3) is 7.13. The van der Waals surface area contributed by atoms with Gasteiger partial charge in [-0.15, -0.1) is 11.3 Å². The average Bonchev–Trinajstić information content (AvgIpc) is 3.93. The van der Waals surface area contributed by atoms with Crippen molar-refractivity contribution in [3.8, 4) is 16.8 Å². The predicted octanol–water partition coefficient (Wildman–Crippen LogP) is 17.7. The number of aromatic nitrogens is 1. The first kappa shape index (κ1) is 46.5. The van der Waals surface area contributed by atoms with E-state index in [-0.39, 0.29) is 23.0 Å². The van der Waals surface area contributed by atoms with E-state index in [0.717, 1.165) is 5.69 Å². The number of hydrogen-bond acceptors (Lipinski definition) is 3. The Kier molecular flexibility index (Phi) is 10.3. The molecule has 2 aliphatic heterocycles.